The van der Waals surface area contributed by atoms with Gasteiger partial charge in [0.2, 0.25) is 0 Å². The SMILES string of the molecule is Cc1cc(Cl)ccc1N1C(=O)C(c2ccc([N+](=O)[O-])cc2)=C(N2CCCC(CO)C2)C1=O. The summed E-state index contributed by atoms with van der Waals surface area (Å²) in [5.41, 5.74) is 1.92. The van der Waals surface area contributed by atoms with Crippen LogP contribution in [0.4, 0.5) is 11.4 Å². The van der Waals surface area contributed by atoms with Crippen LogP contribution in [0, 0.1) is 23.0 Å². The van der Waals surface area contributed by atoms with Gasteiger partial charge in [-0.2, -0.15) is 0 Å². The molecule has 0 bridgehead atoms. The fourth-order valence-electron chi connectivity index (χ4n) is 4.33. The van der Waals surface area contributed by atoms with Gasteiger partial charge in [0.25, 0.3) is 17.5 Å². The number of carbonyl (C=O) groups is 2. The number of hydrogen-bond donors (Lipinski definition) is 1. The highest BCUT2D eigenvalue weighted by Gasteiger charge is 2.43. The summed E-state index contributed by atoms with van der Waals surface area (Å²) in [6, 6.07) is 10.6. The van der Waals surface area contributed by atoms with Crippen molar-refractivity contribution in [2.75, 3.05) is 24.6 Å². The molecule has 32 heavy (non-hydrogen) atoms. The molecule has 2 heterocycles. The van der Waals surface area contributed by atoms with Gasteiger partial charge in [0.05, 0.1) is 16.2 Å². The summed E-state index contributed by atoms with van der Waals surface area (Å²) in [6.45, 7) is 2.80. The van der Waals surface area contributed by atoms with E-state index in [0.717, 1.165) is 17.7 Å². The molecule has 0 saturated carbocycles. The number of amides is 2. The van der Waals surface area contributed by atoms with Gasteiger partial charge < -0.3 is 10.0 Å². The molecule has 1 unspecified atom stereocenters. The van der Waals surface area contributed by atoms with E-state index in [2.05, 4.69) is 0 Å². The highest BCUT2D eigenvalue weighted by Crippen LogP contribution is 2.38. The number of hydrogen-bond acceptors (Lipinski definition) is 6. The number of aryl methyl sites for hydroxylation is 1. The predicted molar refractivity (Wildman–Crippen MR) is 120 cm³/mol. The van der Waals surface area contributed by atoms with Gasteiger partial charge in [-0.1, -0.05) is 11.6 Å². The number of halogens is 1. The van der Waals surface area contributed by atoms with Gasteiger partial charge in [-0.25, -0.2) is 4.90 Å². The first-order chi connectivity index (χ1) is 15.3. The molecule has 1 saturated heterocycles. The summed E-state index contributed by atoms with van der Waals surface area (Å²) in [5.74, 6) is -0.939. The lowest BCUT2D eigenvalue weighted by Crippen LogP contribution is -2.40. The third kappa shape index (κ3) is 3.87. The molecule has 4 rings (SSSR count). The van der Waals surface area contributed by atoms with Crippen molar-refractivity contribution in [3.63, 3.8) is 0 Å². The summed E-state index contributed by atoms with van der Waals surface area (Å²) in [7, 11) is 0. The Balaban J connectivity index is 1.83. The molecule has 2 aliphatic rings. The number of nitrogens with zero attached hydrogens (tertiary/aromatic N) is 3. The number of benzene rings is 2. The Morgan fingerprint density at radius 3 is 2.50 bits per heavy atom. The maximum Gasteiger partial charge on any atom is 0.282 e. The molecule has 8 nitrogen and oxygen atoms in total. The molecule has 0 aromatic heterocycles. The number of piperidine rings is 1. The van der Waals surface area contributed by atoms with Gasteiger partial charge in [-0.05, 0) is 67.1 Å². The fourth-order valence-corrected chi connectivity index (χ4v) is 4.55. The Bertz CT molecular complexity index is 1130. The van der Waals surface area contributed by atoms with Gasteiger partial charge >= 0.3 is 0 Å². The Hall–Kier alpha value is -3.23. The fraction of sp³-hybridized carbons (Fsp3) is 0.304. The molecule has 1 N–H and O–H groups in total. The van der Waals surface area contributed by atoms with E-state index in [0.29, 0.717) is 34.9 Å². The van der Waals surface area contributed by atoms with Crippen LogP contribution < -0.4 is 4.90 Å². The third-order valence-corrected chi connectivity index (χ3v) is 6.15. The van der Waals surface area contributed by atoms with Crippen molar-refractivity contribution in [1.29, 1.82) is 0 Å². The molecule has 2 aromatic rings. The number of nitro benzene ring substituents is 1. The number of anilines is 1. The molecule has 1 fully saturated rings. The van der Waals surface area contributed by atoms with E-state index < -0.39 is 16.7 Å². The van der Waals surface area contributed by atoms with E-state index in [4.69, 9.17) is 11.6 Å². The summed E-state index contributed by atoms with van der Waals surface area (Å²) >= 11 is 6.06. The molecular formula is C23H22ClN3O5. The number of likely N-dealkylation sites (tertiary alicyclic amines) is 1. The summed E-state index contributed by atoms with van der Waals surface area (Å²) in [5, 5.41) is 21.2. The molecule has 2 aromatic carbocycles. The first-order valence-electron chi connectivity index (χ1n) is 10.3. The number of aliphatic hydroxyl groups is 1. The average Bonchev–Trinajstić information content (AvgIpc) is 3.04. The number of non-ortho nitro benzene ring substituents is 1. The number of nitro groups is 1. The first kappa shape index (κ1) is 22.0. The summed E-state index contributed by atoms with van der Waals surface area (Å²) in [6.07, 6.45) is 1.62. The van der Waals surface area contributed by atoms with Crippen molar-refractivity contribution in [2.45, 2.75) is 19.8 Å². The van der Waals surface area contributed by atoms with E-state index in [9.17, 15) is 24.8 Å². The number of carbonyl (C=O) groups excluding carboxylic acids is 2. The van der Waals surface area contributed by atoms with Crippen LogP contribution >= 0.6 is 11.6 Å². The van der Waals surface area contributed by atoms with Crippen LogP contribution in [0.15, 0.2) is 48.2 Å². The van der Waals surface area contributed by atoms with Crippen LogP contribution in [0.2, 0.25) is 5.02 Å². The summed E-state index contributed by atoms with van der Waals surface area (Å²) in [4.78, 5) is 40.7. The minimum absolute atomic E-state index is 0.00120. The largest absolute Gasteiger partial charge is 0.396 e. The van der Waals surface area contributed by atoms with E-state index in [1.807, 2.05) is 4.90 Å². The average molecular weight is 456 g/mol. The number of rotatable bonds is 5. The molecule has 1 atom stereocenters. The first-order valence-corrected chi connectivity index (χ1v) is 10.7. The maximum absolute atomic E-state index is 13.6. The van der Waals surface area contributed by atoms with E-state index in [1.54, 1.807) is 25.1 Å². The summed E-state index contributed by atoms with van der Waals surface area (Å²) < 4.78 is 0. The lowest BCUT2D eigenvalue weighted by atomic mass is 9.97. The normalized spacial score (nSPS) is 19.2. The molecule has 166 valence electrons. The van der Waals surface area contributed by atoms with Crippen LogP contribution in [0.3, 0.4) is 0 Å². The minimum Gasteiger partial charge on any atom is -0.396 e. The van der Waals surface area contributed by atoms with Crippen LogP contribution in [0.1, 0.15) is 24.0 Å². The van der Waals surface area contributed by atoms with Gasteiger partial charge in [-0.3, -0.25) is 19.7 Å². The van der Waals surface area contributed by atoms with Crippen LogP contribution in [0.5, 0.6) is 0 Å². The second kappa shape index (κ2) is 8.72. The molecule has 9 heteroatoms. The van der Waals surface area contributed by atoms with Crippen molar-refractivity contribution in [3.05, 3.63) is 74.4 Å². The molecule has 0 aliphatic carbocycles. The smallest absolute Gasteiger partial charge is 0.282 e. The number of aliphatic hydroxyl groups excluding tert-OH is 1. The maximum atomic E-state index is 13.6. The monoisotopic (exact) mass is 455 g/mol. The van der Waals surface area contributed by atoms with Gasteiger partial charge in [0.1, 0.15) is 5.70 Å². The minimum atomic E-state index is -0.513. The topological polar surface area (TPSA) is 104 Å². The van der Waals surface area contributed by atoms with Crippen molar-refractivity contribution >= 4 is 40.4 Å². The van der Waals surface area contributed by atoms with E-state index in [-0.39, 0.29) is 29.5 Å². The van der Waals surface area contributed by atoms with Gasteiger partial charge in [0, 0.05) is 36.9 Å². The lowest BCUT2D eigenvalue weighted by Gasteiger charge is -2.34. The molecule has 2 amide bonds. The standard InChI is InChI=1S/C23H22ClN3O5/c1-14-11-17(24)6-9-19(14)26-22(29)20(16-4-7-18(8-5-16)27(31)32)21(23(26)30)25-10-2-3-15(12-25)13-28/h4-9,11,15,28H,2-3,10,12-13H2,1H3. The van der Waals surface area contributed by atoms with Crippen molar-refractivity contribution in [2.24, 2.45) is 5.92 Å². The van der Waals surface area contributed by atoms with Gasteiger partial charge in [0.15, 0.2) is 0 Å². The van der Waals surface area contributed by atoms with E-state index in [1.165, 1.54) is 24.3 Å². The van der Waals surface area contributed by atoms with Crippen LogP contribution in [0.25, 0.3) is 5.57 Å². The number of imide groups is 1. The van der Waals surface area contributed by atoms with Crippen molar-refractivity contribution < 1.29 is 19.6 Å². The zero-order valence-electron chi connectivity index (χ0n) is 17.5. The van der Waals surface area contributed by atoms with Gasteiger partial charge in [-0.15, -0.1) is 0 Å². The highest BCUT2D eigenvalue weighted by atomic mass is 35.5. The van der Waals surface area contributed by atoms with Crippen LogP contribution in [-0.4, -0.2) is 46.4 Å². The zero-order chi connectivity index (χ0) is 23.0. The van der Waals surface area contributed by atoms with Crippen molar-refractivity contribution in [1.82, 2.24) is 4.90 Å². The Morgan fingerprint density at radius 2 is 1.88 bits per heavy atom. The molecule has 0 radical (unpaired) electrons. The highest BCUT2D eigenvalue weighted by molar-refractivity contribution is 6.45. The third-order valence-electron chi connectivity index (χ3n) is 5.92. The molecule has 2 aliphatic heterocycles. The Morgan fingerprint density at radius 1 is 1.16 bits per heavy atom. The second-order valence-electron chi connectivity index (χ2n) is 8.04. The molecule has 0 spiro atoms. The second-order valence-corrected chi connectivity index (χ2v) is 8.48. The van der Waals surface area contributed by atoms with Crippen molar-refractivity contribution in [3.8, 4) is 0 Å². The molecular weight excluding hydrogens is 434 g/mol. The zero-order valence-corrected chi connectivity index (χ0v) is 18.2. The quantitative estimate of drug-likeness (QED) is 0.420. The van der Waals surface area contributed by atoms with E-state index >= 15 is 0 Å². The Kier molecular flexibility index (Phi) is 5.99. The van der Waals surface area contributed by atoms with Crippen LogP contribution in [-0.2, 0) is 9.59 Å². The predicted octanol–water partition coefficient (Wildman–Crippen LogP) is 3.55. The Labute approximate surface area is 189 Å². The lowest BCUT2D eigenvalue weighted by molar-refractivity contribution is -0.384.